The smallest absolute Gasteiger partial charge is 1.00 e. The van der Waals surface area contributed by atoms with Crippen molar-refractivity contribution in [2.45, 2.75) is 0 Å². The van der Waals surface area contributed by atoms with Gasteiger partial charge >= 0.3 is 113 Å². The van der Waals surface area contributed by atoms with Crippen LogP contribution in [0.25, 0.3) is 0 Å². The molecule has 0 saturated carbocycles. The third-order valence-corrected chi connectivity index (χ3v) is 0. The Kier molecular flexibility index (Phi) is 93.7. The van der Waals surface area contributed by atoms with Crippen molar-refractivity contribution in [3.05, 3.63) is 0 Å². The average molecular weight is 182 g/mol. The molecule has 0 radical (unpaired) electrons. The summed E-state index contributed by atoms with van der Waals surface area (Å²) in [5.74, 6) is 0. The van der Waals surface area contributed by atoms with Crippen molar-refractivity contribution in [3.63, 3.8) is 0 Å². The van der Waals surface area contributed by atoms with Crippen molar-refractivity contribution in [1.82, 2.24) is 0 Å². The number of rotatable bonds is 0. The molecule has 4 heavy (non-hydrogen) atoms. The van der Waals surface area contributed by atoms with Gasteiger partial charge in [0, 0.05) is 17.1 Å². The fraction of sp³-hybridized carbons (Fsp3) is 0. The van der Waals surface area contributed by atoms with Crippen LogP contribution in [-0.4, -0.2) is 113 Å². The standard InChI is InChI=1S/3Ca.Fe.6H/q3*+2;;6*-1. The van der Waals surface area contributed by atoms with Gasteiger partial charge in [-0.15, -0.1) is 0 Å². The topological polar surface area (TPSA) is 0 Å². The zero-order valence-corrected chi connectivity index (χ0v) is 10.2. The Morgan fingerprint density at radius 2 is 0.750 bits per heavy atom. The predicted molar refractivity (Wildman–Crippen MR) is 23.9 cm³/mol. The molecule has 20 valence electrons. The van der Waals surface area contributed by atoms with Crippen LogP contribution in [0, 0.1) is 0 Å². The Morgan fingerprint density at radius 1 is 0.750 bits per heavy atom. The molecule has 0 fully saturated rings. The van der Waals surface area contributed by atoms with Crippen LogP contribution in [0.4, 0.5) is 0 Å². The zero-order chi connectivity index (χ0) is 0. The third kappa shape index (κ3) is 9.57. The first-order chi connectivity index (χ1) is 0. The van der Waals surface area contributed by atoms with E-state index in [9.17, 15) is 0 Å². The molecule has 0 aromatic heterocycles. The van der Waals surface area contributed by atoms with Gasteiger partial charge < -0.3 is 8.56 Å². The van der Waals surface area contributed by atoms with Crippen molar-refractivity contribution in [2.24, 2.45) is 0 Å². The van der Waals surface area contributed by atoms with Gasteiger partial charge in [-0.3, -0.25) is 0 Å². The third-order valence-electron chi connectivity index (χ3n) is 0. The fourth-order valence-electron chi connectivity index (χ4n) is 0. The molecule has 0 amide bonds. The molecular weight excluding hydrogens is 176 g/mol. The van der Waals surface area contributed by atoms with Gasteiger partial charge in [0.2, 0.25) is 0 Å². The van der Waals surface area contributed by atoms with E-state index in [1.54, 1.807) is 0 Å². The summed E-state index contributed by atoms with van der Waals surface area (Å²) < 4.78 is 0. The second-order valence-electron chi connectivity index (χ2n) is 0. The van der Waals surface area contributed by atoms with Crippen LogP contribution < -0.4 is 0 Å². The molecule has 4 heteroatoms. The first-order valence-electron chi connectivity index (χ1n) is 0. The minimum absolute atomic E-state index is 0. The summed E-state index contributed by atoms with van der Waals surface area (Å²) in [6.45, 7) is 0. The summed E-state index contributed by atoms with van der Waals surface area (Å²) in [6, 6.07) is 0. The normalized spacial score (nSPS) is 0. The van der Waals surface area contributed by atoms with Crippen molar-refractivity contribution >= 4 is 113 Å². The van der Waals surface area contributed by atoms with Gasteiger partial charge in [-0.2, -0.15) is 0 Å². The molecule has 0 rings (SSSR count). The second kappa shape index (κ2) is 15.7. The van der Waals surface area contributed by atoms with E-state index in [0.29, 0.717) is 0 Å². The quantitative estimate of drug-likeness (QED) is 0.444. The van der Waals surface area contributed by atoms with E-state index in [1.807, 2.05) is 0 Å². The van der Waals surface area contributed by atoms with E-state index >= 15 is 0 Å². The van der Waals surface area contributed by atoms with Gasteiger partial charge in [-0.05, 0) is 0 Å². The van der Waals surface area contributed by atoms with Crippen molar-refractivity contribution in [2.75, 3.05) is 0 Å². The van der Waals surface area contributed by atoms with Crippen molar-refractivity contribution < 1.29 is 25.6 Å². The van der Waals surface area contributed by atoms with Crippen molar-refractivity contribution in [3.8, 4) is 0 Å². The number of hydrogen-bond donors (Lipinski definition) is 0. The minimum Gasteiger partial charge on any atom is -1.00 e. The molecular formula is H6Ca3Fe. The first-order valence-corrected chi connectivity index (χ1v) is 0. The fourth-order valence-corrected chi connectivity index (χ4v) is 0. The molecule has 0 aliphatic rings. The molecule has 0 unspecified atom stereocenters. The van der Waals surface area contributed by atoms with Crippen LogP contribution in [0.15, 0.2) is 0 Å². The monoisotopic (exact) mass is 182 g/mol. The Balaban J connectivity index is 0. The average Bonchev–Trinajstić information content (AvgIpc) is 0. The Bertz CT molecular complexity index is 13.0. The van der Waals surface area contributed by atoms with Crippen LogP contribution in [0.1, 0.15) is 8.56 Å². The summed E-state index contributed by atoms with van der Waals surface area (Å²) in [7, 11) is 0. The van der Waals surface area contributed by atoms with E-state index in [-0.39, 0.29) is 139 Å². The molecule has 0 atom stereocenters. The van der Waals surface area contributed by atoms with E-state index in [0.717, 1.165) is 0 Å². The summed E-state index contributed by atoms with van der Waals surface area (Å²) >= 11 is 0. The first kappa shape index (κ1) is 23.9. The van der Waals surface area contributed by atoms with Crippen LogP contribution in [0.2, 0.25) is 0 Å². The molecule has 0 N–H and O–H groups in total. The maximum absolute atomic E-state index is 0. The SMILES string of the molecule is [Ca+2].[Ca+2].[Ca+2].[Fe].[H-].[H-].[H-].[H-].[H-].[H-]. The van der Waals surface area contributed by atoms with Crippen LogP contribution in [0.5, 0.6) is 0 Å². The van der Waals surface area contributed by atoms with Gasteiger partial charge in [0.25, 0.3) is 0 Å². The Hall–Kier alpha value is 4.30. The van der Waals surface area contributed by atoms with Gasteiger partial charge in [0.15, 0.2) is 0 Å². The maximum Gasteiger partial charge on any atom is 2.00 e. The molecule has 0 aromatic rings. The molecule has 0 aliphatic heterocycles. The zero-order valence-electron chi connectivity index (χ0n) is 8.47. The molecule has 0 bridgehead atoms. The molecule has 0 spiro atoms. The minimum atomic E-state index is 0. The van der Waals surface area contributed by atoms with E-state index < -0.39 is 0 Å². The Morgan fingerprint density at radius 3 is 0.750 bits per heavy atom. The van der Waals surface area contributed by atoms with Crippen LogP contribution >= 0.6 is 0 Å². The molecule has 0 aromatic carbocycles. The maximum atomic E-state index is 0. The Labute approximate surface area is 135 Å². The number of hydrogen-bond acceptors (Lipinski definition) is 0. The molecule has 0 aliphatic carbocycles. The van der Waals surface area contributed by atoms with Crippen LogP contribution in [-0.2, 0) is 17.1 Å². The summed E-state index contributed by atoms with van der Waals surface area (Å²) in [6.07, 6.45) is 0. The van der Waals surface area contributed by atoms with Gasteiger partial charge in [-0.25, -0.2) is 0 Å². The largest absolute Gasteiger partial charge is 2.00 e. The van der Waals surface area contributed by atoms with Crippen molar-refractivity contribution in [1.29, 1.82) is 0 Å². The predicted octanol–water partition coefficient (Wildman–Crippen LogP) is -0.470. The van der Waals surface area contributed by atoms with E-state index in [2.05, 4.69) is 0 Å². The van der Waals surface area contributed by atoms with E-state index in [1.165, 1.54) is 0 Å². The van der Waals surface area contributed by atoms with Crippen LogP contribution in [0.3, 0.4) is 0 Å². The van der Waals surface area contributed by atoms with Gasteiger partial charge in [-0.1, -0.05) is 0 Å². The molecule has 0 nitrogen and oxygen atoms in total. The van der Waals surface area contributed by atoms with Gasteiger partial charge in [0.05, 0.1) is 0 Å². The molecule has 0 heterocycles. The second-order valence-corrected chi connectivity index (χ2v) is 0. The summed E-state index contributed by atoms with van der Waals surface area (Å²) in [5.41, 5.74) is 0. The summed E-state index contributed by atoms with van der Waals surface area (Å²) in [5, 5.41) is 0. The van der Waals surface area contributed by atoms with Gasteiger partial charge in [0.1, 0.15) is 0 Å². The van der Waals surface area contributed by atoms with E-state index in [4.69, 9.17) is 0 Å². The molecule has 0 saturated heterocycles. The summed E-state index contributed by atoms with van der Waals surface area (Å²) in [4.78, 5) is 0.